The first-order chi connectivity index (χ1) is 6.06. The smallest absolute Gasteiger partial charge is 0.276 e. The number of alkyl halides is 2. The van der Waals surface area contributed by atoms with E-state index in [1.165, 1.54) is 12.3 Å². The first-order valence-electron chi connectivity index (χ1n) is 3.97. The molecule has 0 amide bonds. The van der Waals surface area contributed by atoms with E-state index in [-0.39, 0.29) is 5.56 Å². The van der Waals surface area contributed by atoms with Crippen molar-refractivity contribution >= 4 is 0 Å². The summed E-state index contributed by atoms with van der Waals surface area (Å²) in [6, 6.07) is 1.38. The maximum atomic E-state index is 13.1. The highest BCUT2D eigenvalue weighted by Gasteiger charge is 2.30. The Bertz CT molecular complexity index is 289. The number of rotatable bonds is 3. The molecule has 0 bridgehead atoms. The number of aliphatic hydroxyl groups is 1. The van der Waals surface area contributed by atoms with Crippen LogP contribution in [0.15, 0.2) is 18.5 Å². The van der Waals surface area contributed by atoms with Gasteiger partial charge in [-0.15, -0.1) is 0 Å². The fourth-order valence-corrected chi connectivity index (χ4v) is 1.04. The highest BCUT2D eigenvalue weighted by Crippen LogP contribution is 2.30. The second-order valence-electron chi connectivity index (χ2n) is 2.93. The predicted molar refractivity (Wildman–Crippen MR) is 44.6 cm³/mol. The minimum Gasteiger partial charge on any atom is -0.396 e. The van der Waals surface area contributed by atoms with Crippen molar-refractivity contribution < 1.29 is 13.9 Å². The van der Waals surface area contributed by atoms with Gasteiger partial charge in [-0.2, -0.15) is 0 Å². The number of hydrogen-bond acceptors (Lipinski definition) is 2. The third-order valence-electron chi connectivity index (χ3n) is 1.72. The van der Waals surface area contributed by atoms with Crippen LogP contribution in [0.1, 0.15) is 17.5 Å². The van der Waals surface area contributed by atoms with Crippen LogP contribution in [0.2, 0.25) is 0 Å². The fourth-order valence-electron chi connectivity index (χ4n) is 1.04. The van der Waals surface area contributed by atoms with Crippen LogP contribution >= 0.6 is 0 Å². The molecule has 4 heteroatoms. The highest BCUT2D eigenvalue weighted by atomic mass is 19.3. The Kier molecular flexibility index (Phi) is 2.93. The molecule has 1 aromatic heterocycles. The topological polar surface area (TPSA) is 33.1 Å². The summed E-state index contributed by atoms with van der Waals surface area (Å²) in [6.07, 6.45) is 2.08. The summed E-state index contributed by atoms with van der Waals surface area (Å²) < 4.78 is 26.3. The molecular weight excluding hydrogens is 176 g/mol. The Balaban J connectivity index is 2.93. The zero-order valence-corrected chi connectivity index (χ0v) is 7.30. The standard InChI is InChI=1S/C9H11F2NO/c1-7-4-8(6-12-5-7)9(10,11)2-3-13/h4-6,13H,2-3H2,1H3. The molecular formula is C9H11F2NO. The van der Waals surface area contributed by atoms with Crippen molar-refractivity contribution in [2.45, 2.75) is 19.3 Å². The van der Waals surface area contributed by atoms with E-state index in [0.717, 1.165) is 6.20 Å². The number of aryl methyl sites for hydroxylation is 1. The van der Waals surface area contributed by atoms with Gasteiger partial charge in [-0.05, 0) is 18.6 Å². The summed E-state index contributed by atoms with van der Waals surface area (Å²) >= 11 is 0. The molecule has 0 saturated carbocycles. The van der Waals surface area contributed by atoms with E-state index in [1.54, 1.807) is 6.92 Å². The molecule has 1 heterocycles. The molecule has 1 N–H and O–H groups in total. The molecule has 0 aromatic carbocycles. The van der Waals surface area contributed by atoms with Gasteiger partial charge in [0.05, 0.1) is 0 Å². The third kappa shape index (κ3) is 2.45. The highest BCUT2D eigenvalue weighted by molar-refractivity contribution is 5.20. The molecule has 0 aliphatic carbocycles. The van der Waals surface area contributed by atoms with Crippen molar-refractivity contribution in [2.24, 2.45) is 0 Å². The lowest BCUT2D eigenvalue weighted by Gasteiger charge is -2.14. The molecule has 0 spiro atoms. The lowest BCUT2D eigenvalue weighted by molar-refractivity contribution is -0.0273. The van der Waals surface area contributed by atoms with E-state index in [4.69, 9.17) is 5.11 Å². The van der Waals surface area contributed by atoms with Gasteiger partial charge in [0.1, 0.15) is 0 Å². The molecule has 0 unspecified atom stereocenters. The summed E-state index contributed by atoms with van der Waals surface area (Å²) in [5.41, 5.74) is 0.552. The number of aliphatic hydroxyl groups excluding tert-OH is 1. The summed E-state index contributed by atoms with van der Waals surface area (Å²) in [6.45, 7) is 1.17. The van der Waals surface area contributed by atoms with Gasteiger partial charge in [-0.1, -0.05) is 0 Å². The van der Waals surface area contributed by atoms with Gasteiger partial charge in [-0.3, -0.25) is 4.98 Å². The van der Waals surface area contributed by atoms with Crippen LogP contribution in [0.4, 0.5) is 8.78 Å². The second kappa shape index (κ2) is 3.79. The summed E-state index contributed by atoms with van der Waals surface area (Å²) in [5, 5.41) is 8.43. The van der Waals surface area contributed by atoms with Gasteiger partial charge in [0, 0.05) is 31.0 Å². The van der Waals surface area contributed by atoms with Crippen LogP contribution in [0.25, 0.3) is 0 Å². The monoisotopic (exact) mass is 187 g/mol. The predicted octanol–water partition coefficient (Wildman–Crippen LogP) is 1.86. The van der Waals surface area contributed by atoms with Crippen LogP contribution < -0.4 is 0 Å². The van der Waals surface area contributed by atoms with Crippen molar-refractivity contribution in [3.8, 4) is 0 Å². The van der Waals surface area contributed by atoms with E-state index >= 15 is 0 Å². The van der Waals surface area contributed by atoms with Gasteiger partial charge in [0.15, 0.2) is 0 Å². The van der Waals surface area contributed by atoms with Crippen molar-refractivity contribution in [2.75, 3.05) is 6.61 Å². The van der Waals surface area contributed by atoms with E-state index in [2.05, 4.69) is 4.98 Å². The summed E-state index contributed by atoms with van der Waals surface area (Å²) in [5.74, 6) is -2.98. The third-order valence-corrected chi connectivity index (χ3v) is 1.72. The molecule has 1 rings (SSSR count). The minimum absolute atomic E-state index is 0.137. The Hall–Kier alpha value is -1.03. The maximum Gasteiger partial charge on any atom is 0.276 e. The van der Waals surface area contributed by atoms with Gasteiger partial charge >= 0.3 is 0 Å². The number of aromatic nitrogens is 1. The number of halogens is 2. The molecule has 0 fully saturated rings. The van der Waals surface area contributed by atoms with Crippen LogP contribution in [0, 0.1) is 6.92 Å². The van der Waals surface area contributed by atoms with Crippen molar-refractivity contribution in [3.05, 3.63) is 29.6 Å². The normalized spacial score (nSPS) is 11.7. The SMILES string of the molecule is Cc1cncc(C(F)(F)CCO)c1. The van der Waals surface area contributed by atoms with E-state index < -0.39 is 19.0 Å². The first kappa shape index (κ1) is 10.1. The van der Waals surface area contributed by atoms with Crippen molar-refractivity contribution in [1.29, 1.82) is 0 Å². The Labute approximate surface area is 75.2 Å². The molecule has 0 aliphatic heterocycles. The molecule has 0 radical (unpaired) electrons. The molecule has 0 saturated heterocycles. The van der Waals surface area contributed by atoms with Gasteiger partial charge in [0.2, 0.25) is 0 Å². The van der Waals surface area contributed by atoms with Gasteiger partial charge in [-0.25, -0.2) is 8.78 Å². The van der Waals surface area contributed by atoms with Crippen LogP contribution in [0.5, 0.6) is 0 Å². The Morgan fingerprint density at radius 1 is 1.46 bits per heavy atom. The van der Waals surface area contributed by atoms with Crippen molar-refractivity contribution in [1.82, 2.24) is 4.98 Å². The Morgan fingerprint density at radius 2 is 2.15 bits per heavy atom. The minimum atomic E-state index is -2.98. The zero-order chi connectivity index (χ0) is 9.90. The summed E-state index contributed by atoms with van der Waals surface area (Å²) in [7, 11) is 0. The Morgan fingerprint density at radius 3 is 2.69 bits per heavy atom. The van der Waals surface area contributed by atoms with Gasteiger partial charge in [0.25, 0.3) is 5.92 Å². The van der Waals surface area contributed by atoms with E-state index in [1.807, 2.05) is 0 Å². The maximum absolute atomic E-state index is 13.1. The molecule has 13 heavy (non-hydrogen) atoms. The van der Waals surface area contributed by atoms with Crippen molar-refractivity contribution in [3.63, 3.8) is 0 Å². The average Bonchev–Trinajstić information content (AvgIpc) is 2.04. The van der Waals surface area contributed by atoms with Crippen LogP contribution in [-0.4, -0.2) is 16.7 Å². The molecule has 0 atom stereocenters. The van der Waals surface area contributed by atoms with E-state index in [9.17, 15) is 8.78 Å². The fraction of sp³-hybridized carbons (Fsp3) is 0.444. The lowest BCUT2D eigenvalue weighted by Crippen LogP contribution is -2.15. The quantitative estimate of drug-likeness (QED) is 0.783. The second-order valence-corrected chi connectivity index (χ2v) is 2.93. The average molecular weight is 187 g/mol. The molecule has 72 valence electrons. The molecule has 2 nitrogen and oxygen atoms in total. The van der Waals surface area contributed by atoms with Crippen LogP contribution in [0.3, 0.4) is 0 Å². The zero-order valence-electron chi connectivity index (χ0n) is 7.30. The lowest BCUT2D eigenvalue weighted by atomic mass is 10.1. The molecule has 1 aromatic rings. The number of nitrogens with zero attached hydrogens (tertiary/aromatic N) is 1. The summed E-state index contributed by atoms with van der Waals surface area (Å²) in [4.78, 5) is 3.67. The molecule has 0 aliphatic rings. The van der Waals surface area contributed by atoms with E-state index in [0.29, 0.717) is 5.56 Å². The van der Waals surface area contributed by atoms with Crippen LogP contribution in [-0.2, 0) is 5.92 Å². The first-order valence-corrected chi connectivity index (χ1v) is 3.97. The number of hydrogen-bond donors (Lipinski definition) is 1. The largest absolute Gasteiger partial charge is 0.396 e. The van der Waals surface area contributed by atoms with Gasteiger partial charge < -0.3 is 5.11 Å². The number of pyridine rings is 1.